The van der Waals surface area contributed by atoms with Gasteiger partial charge in [0.25, 0.3) is 0 Å². The molecule has 0 spiro atoms. The normalized spacial score (nSPS) is 17.7. The molecule has 2 N–H and O–H groups in total. The fourth-order valence-electron chi connectivity index (χ4n) is 4.43. The molecule has 2 aromatic rings. The molecule has 1 aliphatic carbocycles. The van der Waals surface area contributed by atoms with Gasteiger partial charge in [-0.2, -0.15) is 13.2 Å². The van der Waals surface area contributed by atoms with E-state index in [0.717, 1.165) is 68.3 Å². The van der Waals surface area contributed by atoms with Gasteiger partial charge in [-0.25, -0.2) is 4.99 Å². The zero-order valence-corrected chi connectivity index (χ0v) is 20.5. The Labute approximate surface area is 203 Å². The largest absolute Gasteiger partial charge is 0.416 e. The molecule has 2 aliphatic rings. The van der Waals surface area contributed by atoms with Gasteiger partial charge in [0.1, 0.15) is 12.4 Å². The number of nitrogens with one attached hydrogen (secondary N) is 2. The molecule has 176 valence electrons. The Morgan fingerprint density at radius 2 is 1.97 bits per heavy atom. The molecule has 1 aromatic carbocycles. The number of halogens is 4. The van der Waals surface area contributed by atoms with E-state index in [4.69, 9.17) is 0 Å². The smallest absolute Gasteiger partial charge is 0.357 e. The molecule has 4 rings (SSSR count). The van der Waals surface area contributed by atoms with Gasteiger partial charge >= 0.3 is 6.18 Å². The van der Waals surface area contributed by atoms with Crippen molar-refractivity contribution in [2.45, 2.75) is 70.1 Å². The predicted molar refractivity (Wildman–Crippen MR) is 128 cm³/mol. The first kappa shape index (κ1) is 24.8. The molecule has 0 saturated heterocycles. The molecule has 0 atom stereocenters. The number of alkyl halides is 3. The van der Waals surface area contributed by atoms with E-state index in [0.29, 0.717) is 25.6 Å². The molecule has 1 fully saturated rings. The fraction of sp³-hybridized carbons (Fsp3) is 0.591. The van der Waals surface area contributed by atoms with Crippen LogP contribution in [-0.4, -0.2) is 33.8 Å². The molecule has 32 heavy (non-hydrogen) atoms. The third-order valence-electron chi connectivity index (χ3n) is 6.37. The second-order valence-corrected chi connectivity index (χ2v) is 8.40. The molecule has 0 radical (unpaired) electrons. The Kier molecular flexibility index (Phi) is 8.05. The molecule has 0 amide bonds. The van der Waals surface area contributed by atoms with Crippen molar-refractivity contribution in [1.82, 2.24) is 25.4 Å². The van der Waals surface area contributed by atoms with Gasteiger partial charge in [0.15, 0.2) is 11.8 Å². The van der Waals surface area contributed by atoms with Crippen molar-refractivity contribution < 1.29 is 13.2 Å². The highest BCUT2D eigenvalue weighted by Crippen LogP contribution is 2.44. The number of aromatic nitrogens is 3. The lowest BCUT2D eigenvalue weighted by Crippen LogP contribution is -2.49. The number of hydrogen-bond acceptors (Lipinski definition) is 3. The van der Waals surface area contributed by atoms with E-state index in [-0.39, 0.29) is 29.4 Å². The molecule has 1 saturated carbocycles. The summed E-state index contributed by atoms with van der Waals surface area (Å²) < 4.78 is 41.7. The van der Waals surface area contributed by atoms with E-state index >= 15 is 0 Å². The van der Waals surface area contributed by atoms with E-state index in [1.165, 1.54) is 12.1 Å². The molecular formula is C22H30F3IN6. The van der Waals surface area contributed by atoms with E-state index in [1.807, 2.05) is 13.0 Å². The van der Waals surface area contributed by atoms with Crippen LogP contribution in [0.25, 0.3) is 0 Å². The second-order valence-electron chi connectivity index (χ2n) is 8.40. The van der Waals surface area contributed by atoms with Crippen LogP contribution < -0.4 is 10.6 Å². The Balaban J connectivity index is 0.00000289. The Hall–Kier alpha value is -1.85. The van der Waals surface area contributed by atoms with Crippen molar-refractivity contribution in [2.75, 3.05) is 13.1 Å². The maximum absolute atomic E-state index is 13.2. The average Bonchev–Trinajstić information content (AvgIpc) is 3.14. The fourth-order valence-corrected chi connectivity index (χ4v) is 4.43. The predicted octanol–water partition coefficient (Wildman–Crippen LogP) is 4.43. The second kappa shape index (κ2) is 10.4. The molecule has 2 heterocycles. The first-order chi connectivity index (χ1) is 14.9. The van der Waals surface area contributed by atoms with Crippen molar-refractivity contribution in [3.05, 3.63) is 47.0 Å². The molecule has 0 bridgehead atoms. The minimum Gasteiger partial charge on any atom is -0.357 e. The van der Waals surface area contributed by atoms with Gasteiger partial charge in [0, 0.05) is 31.5 Å². The van der Waals surface area contributed by atoms with Crippen LogP contribution in [0.5, 0.6) is 0 Å². The molecule has 6 nitrogen and oxygen atoms in total. The van der Waals surface area contributed by atoms with Crippen LogP contribution in [0.4, 0.5) is 13.2 Å². The van der Waals surface area contributed by atoms with Crippen molar-refractivity contribution >= 4 is 29.9 Å². The van der Waals surface area contributed by atoms with Crippen LogP contribution in [0.1, 0.15) is 61.8 Å². The van der Waals surface area contributed by atoms with E-state index < -0.39 is 11.7 Å². The van der Waals surface area contributed by atoms with Gasteiger partial charge in [-0.05, 0) is 44.2 Å². The maximum Gasteiger partial charge on any atom is 0.416 e. The van der Waals surface area contributed by atoms with Crippen molar-refractivity contribution in [2.24, 2.45) is 4.99 Å². The number of aryl methyl sites for hydroxylation is 1. The van der Waals surface area contributed by atoms with E-state index in [1.54, 1.807) is 0 Å². The van der Waals surface area contributed by atoms with Crippen molar-refractivity contribution in [1.29, 1.82) is 0 Å². The van der Waals surface area contributed by atoms with Crippen LogP contribution in [0.2, 0.25) is 0 Å². The van der Waals surface area contributed by atoms with E-state index in [2.05, 4.69) is 30.4 Å². The molecule has 10 heteroatoms. The Morgan fingerprint density at radius 3 is 2.66 bits per heavy atom. The SMILES string of the molecule is CCNC(=NCc1nnc2n1CCCC2)NCC1(c2cccc(C(F)(F)F)c2)CCC1.I. The lowest BCUT2D eigenvalue weighted by Gasteiger charge is -2.43. The highest BCUT2D eigenvalue weighted by Gasteiger charge is 2.40. The quantitative estimate of drug-likeness (QED) is 0.311. The summed E-state index contributed by atoms with van der Waals surface area (Å²) >= 11 is 0. The Morgan fingerprint density at radius 1 is 1.16 bits per heavy atom. The molecular weight excluding hydrogens is 532 g/mol. The molecule has 0 unspecified atom stereocenters. The van der Waals surface area contributed by atoms with Gasteiger partial charge in [-0.1, -0.05) is 24.6 Å². The Bertz CT molecular complexity index is 936. The lowest BCUT2D eigenvalue weighted by molar-refractivity contribution is -0.137. The zero-order valence-electron chi connectivity index (χ0n) is 18.2. The molecule has 1 aromatic heterocycles. The first-order valence-corrected chi connectivity index (χ1v) is 11.0. The average molecular weight is 562 g/mol. The standard InChI is InChI=1S/C22H29F3N6.HI/c1-2-26-20(27-14-19-30-29-18-9-3-4-12-31(18)19)28-15-21(10-6-11-21)16-7-5-8-17(13-16)22(23,24)25;/h5,7-8,13H,2-4,6,9-12,14-15H2,1H3,(H2,26,27,28);1H. The first-order valence-electron chi connectivity index (χ1n) is 11.0. The van der Waals surface area contributed by atoms with Gasteiger partial charge in [-0.3, -0.25) is 0 Å². The zero-order chi connectivity index (χ0) is 21.9. The van der Waals surface area contributed by atoms with Gasteiger partial charge in [0.2, 0.25) is 0 Å². The minimum atomic E-state index is -4.33. The summed E-state index contributed by atoms with van der Waals surface area (Å²) in [6, 6.07) is 5.75. The summed E-state index contributed by atoms with van der Waals surface area (Å²) in [5.74, 6) is 2.52. The van der Waals surface area contributed by atoms with E-state index in [9.17, 15) is 13.2 Å². The summed E-state index contributed by atoms with van der Waals surface area (Å²) in [4.78, 5) is 4.67. The monoisotopic (exact) mass is 562 g/mol. The summed E-state index contributed by atoms with van der Waals surface area (Å²) in [5, 5.41) is 15.2. The van der Waals surface area contributed by atoms with Gasteiger partial charge in [-0.15, -0.1) is 34.2 Å². The van der Waals surface area contributed by atoms with Crippen molar-refractivity contribution in [3.8, 4) is 0 Å². The number of rotatable bonds is 6. The third kappa shape index (κ3) is 5.37. The summed E-state index contributed by atoms with van der Waals surface area (Å²) in [5.41, 5.74) is -0.150. The maximum atomic E-state index is 13.2. The van der Waals surface area contributed by atoms with Crippen LogP contribution in [-0.2, 0) is 31.1 Å². The number of hydrogen-bond donors (Lipinski definition) is 2. The number of nitrogens with zero attached hydrogens (tertiary/aromatic N) is 4. The topological polar surface area (TPSA) is 67.1 Å². The summed E-state index contributed by atoms with van der Waals surface area (Å²) in [7, 11) is 0. The summed E-state index contributed by atoms with van der Waals surface area (Å²) in [6.07, 6.45) is 1.62. The molecule has 1 aliphatic heterocycles. The number of guanidine groups is 1. The number of benzene rings is 1. The number of aliphatic imine (C=N–C) groups is 1. The van der Waals surface area contributed by atoms with Crippen LogP contribution in [0.3, 0.4) is 0 Å². The van der Waals surface area contributed by atoms with Gasteiger partial charge < -0.3 is 15.2 Å². The lowest BCUT2D eigenvalue weighted by atomic mass is 9.64. The number of fused-ring (bicyclic) bond motifs is 1. The highest BCUT2D eigenvalue weighted by molar-refractivity contribution is 14.0. The third-order valence-corrected chi connectivity index (χ3v) is 6.37. The highest BCUT2D eigenvalue weighted by atomic mass is 127. The van der Waals surface area contributed by atoms with Crippen LogP contribution in [0.15, 0.2) is 29.3 Å². The van der Waals surface area contributed by atoms with Crippen LogP contribution in [0, 0.1) is 0 Å². The summed E-state index contributed by atoms with van der Waals surface area (Å²) in [6.45, 7) is 4.56. The van der Waals surface area contributed by atoms with Crippen molar-refractivity contribution in [3.63, 3.8) is 0 Å². The van der Waals surface area contributed by atoms with Crippen LogP contribution >= 0.6 is 24.0 Å². The van der Waals surface area contributed by atoms with Gasteiger partial charge in [0.05, 0.1) is 5.56 Å². The minimum absolute atomic E-state index is 0.